The first kappa shape index (κ1) is 10.4. The largest absolute Gasteiger partial charge is 0.299 e. The molecule has 0 amide bonds. The summed E-state index contributed by atoms with van der Waals surface area (Å²) in [5.41, 5.74) is 2.15. The minimum Gasteiger partial charge on any atom is -0.299 e. The van der Waals surface area contributed by atoms with Crippen molar-refractivity contribution in [3.8, 4) is 0 Å². The van der Waals surface area contributed by atoms with Gasteiger partial charge in [-0.05, 0) is 41.5 Å². The van der Waals surface area contributed by atoms with Crippen LogP contribution in [0.4, 0.5) is 0 Å². The van der Waals surface area contributed by atoms with Crippen molar-refractivity contribution < 1.29 is 4.79 Å². The molecule has 0 spiro atoms. The molecular formula is C10H18O. The van der Waals surface area contributed by atoms with Gasteiger partial charge in [0.15, 0.2) is 0 Å². The number of allylic oxidation sites excluding steroid dienone is 2. The molecule has 0 aromatic rings. The van der Waals surface area contributed by atoms with E-state index in [1.165, 1.54) is 11.1 Å². The zero-order valence-electron chi connectivity index (χ0n) is 8.41. The molecule has 0 aromatic heterocycles. The van der Waals surface area contributed by atoms with Crippen molar-refractivity contribution in [1.82, 2.24) is 0 Å². The summed E-state index contributed by atoms with van der Waals surface area (Å²) in [6.45, 7) is 11.7. The van der Waals surface area contributed by atoms with Crippen molar-refractivity contribution >= 4 is 5.78 Å². The van der Waals surface area contributed by atoms with Crippen LogP contribution in [0.3, 0.4) is 0 Å². The van der Waals surface area contributed by atoms with Gasteiger partial charge in [0.05, 0.1) is 0 Å². The molecule has 1 nitrogen and oxygen atoms in total. The monoisotopic (exact) mass is 154 g/mol. The molecule has 0 saturated carbocycles. The Morgan fingerprint density at radius 1 is 1.00 bits per heavy atom. The molecule has 0 unspecified atom stereocenters. The third-order valence-corrected chi connectivity index (χ3v) is 2.57. The second-order valence-electron chi connectivity index (χ2n) is 3.81. The molecule has 0 aromatic carbocycles. The van der Waals surface area contributed by atoms with E-state index >= 15 is 0 Å². The van der Waals surface area contributed by atoms with E-state index in [4.69, 9.17) is 0 Å². The Hall–Kier alpha value is -0.590. The van der Waals surface area contributed by atoms with Crippen LogP contribution in [0.25, 0.3) is 0 Å². The minimum atomic E-state index is -0.279. The molecule has 0 rings (SSSR count). The SMILES string of the molecule is CC(=O)C(C)(C)C(C)=C(C)C. The van der Waals surface area contributed by atoms with Gasteiger partial charge in [0.2, 0.25) is 0 Å². The summed E-state index contributed by atoms with van der Waals surface area (Å²) >= 11 is 0. The normalized spacial score (nSPS) is 11.1. The lowest BCUT2D eigenvalue weighted by Gasteiger charge is -2.23. The Kier molecular flexibility index (Phi) is 3.03. The molecule has 0 bridgehead atoms. The molecule has 1 heteroatoms. The molecule has 11 heavy (non-hydrogen) atoms. The van der Waals surface area contributed by atoms with Crippen molar-refractivity contribution in [1.29, 1.82) is 0 Å². The van der Waals surface area contributed by atoms with Crippen LogP contribution in [0.15, 0.2) is 11.1 Å². The number of carbonyl (C=O) groups excluding carboxylic acids is 1. The van der Waals surface area contributed by atoms with E-state index in [1.807, 2.05) is 34.6 Å². The third-order valence-electron chi connectivity index (χ3n) is 2.57. The van der Waals surface area contributed by atoms with Gasteiger partial charge in [0.1, 0.15) is 5.78 Å². The van der Waals surface area contributed by atoms with E-state index in [9.17, 15) is 4.79 Å². The summed E-state index contributed by atoms with van der Waals surface area (Å²) in [7, 11) is 0. The van der Waals surface area contributed by atoms with Crippen molar-refractivity contribution in [3.05, 3.63) is 11.1 Å². The van der Waals surface area contributed by atoms with Crippen molar-refractivity contribution in [3.63, 3.8) is 0 Å². The standard InChI is InChI=1S/C10H18O/c1-7(2)8(3)10(5,6)9(4)11/h1-6H3. The highest BCUT2D eigenvalue weighted by atomic mass is 16.1. The minimum absolute atomic E-state index is 0.233. The van der Waals surface area contributed by atoms with Crippen molar-refractivity contribution in [2.45, 2.75) is 41.5 Å². The molecule has 0 aliphatic heterocycles. The van der Waals surface area contributed by atoms with E-state index in [2.05, 4.69) is 0 Å². The summed E-state index contributed by atoms with van der Waals surface area (Å²) in [6.07, 6.45) is 0. The lowest BCUT2D eigenvalue weighted by molar-refractivity contribution is -0.123. The van der Waals surface area contributed by atoms with Gasteiger partial charge in [-0.25, -0.2) is 0 Å². The van der Waals surface area contributed by atoms with Crippen LogP contribution in [0, 0.1) is 5.41 Å². The first-order chi connectivity index (χ1) is 4.80. The van der Waals surface area contributed by atoms with E-state index in [0.29, 0.717) is 0 Å². The molecule has 0 atom stereocenters. The van der Waals surface area contributed by atoms with Gasteiger partial charge >= 0.3 is 0 Å². The molecule has 0 saturated heterocycles. The van der Waals surface area contributed by atoms with E-state index in [0.717, 1.165) is 0 Å². The lowest BCUT2D eigenvalue weighted by atomic mass is 9.80. The van der Waals surface area contributed by atoms with Gasteiger partial charge in [-0.2, -0.15) is 0 Å². The second kappa shape index (κ2) is 3.21. The molecule has 0 aliphatic carbocycles. The van der Waals surface area contributed by atoms with Gasteiger partial charge in [-0.3, -0.25) is 4.79 Å². The topological polar surface area (TPSA) is 17.1 Å². The summed E-state index contributed by atoms with van der Waals surface area (Å²) in [5.74, 6) is 0.233. The van der Waals surface area contributed by atoms with Crippen LogP contribution < -0.4 is 0 Å². The lowest BCUT2D eigenvalue weighted by Crippen LogP contribution is -2.23. The Morgan fingerprint density at radius 2 is 1.36 bits per heavy atom. The number of ketones is 1. The van der Waals surface area contributed by atoms with Crippen LogP contribution in [-0.4, -0.2) is 5.78 Å². The zero-order valence-corrected chi connectivity index (χ0v) is 8.41. The molecule has 0 radical (unpaired) electrons. The van der Waals surface area contributed by atoms with Crippen molar-refractivity contribution in [2.75, 3.05) is 0 Å². The first-order valence-electron chi connectivity index (χ1n) is 3.95. The van der Waals surface area contributed by atoms with Gasteiger partial charge < -0.3 is 0 Å². The molecular weight excluding hydrogens is 136 g/mol. The van der Waals surface area contributed by atoms with E-state index in [-0.39, 0.29) is 11.2 Å². The van der Waals surface area contributed by atoms with Gasteiger partial charge in [-0.15, -0.1) is 0 Å². The highest BCUT2D eigenvalue weighted by Crippen LogP contribution is 2.28. The van der Waals surface area contributed by atoms with E-state index < -0.39 is 0 Å². The number of rotatable bonds is 2. The number of hydrogen-bond donors (Lipinski definition) is 0. The second-order valence-corrected chi connectivity index (χ2v) is 3.81. The van der Waals surface area contributed by atoms with Gasteiger partial charge in [0.25, 0.3) is 0 Å². The molecule has 0 fully saturated rings. The maximum absolute atomic E-state index is 11.2. The maximum atomic E-state index is 11.2. The molecule has 64 valence electrons. The Morgan fingerprint density at radius 3 is 1.45 bits per heavy atom. The number of hydrogen-bond acceptors (Lipinski definition) is 1. The summed E-state index contributed by atoms with van der Waals surface area (Å²) in [5, 5.41) is 0. The predicted molar refractivity (Wildman–Crippen MR) is 48.5 cm³/mol. The third kappa shape index (κ3) is 2.18. The van der Waals surface area contributed by atoms with E-state index in [1.54, 1.807) is 6.92 Å². The Bertz CT molecular complexity index is 193. The first-order valence-corrected chi connectivity index (χ1v) is 3.95. The quantitative estimate of drug-likeness (QED) is 0.559. The molecule has 0 aliphatic rings. The van der Waals surface area contributed by atoms with Crippen LogP contribution in [0.2, 0.25) is 0 Å². The van der Waals surface area contributed by atoms with Crippen LogP contribution >= 0.6 is 0 Å². The highest BCUT2D eigenvalue weighted by Gasteiger charge is 2.25. The molecule has 0 heterocycles. The average Bonchev–Trinajstić information content (AvgIpc) is 1.85. The highest BCUT2D eigenvalue weighted by molar-refractivity contribution is 5.84. The summed E-state index contributed by atoms with van der Waals surface area (Å²) < 4.78 is 0. The Balaban J connectivity index is 4.86. The van der Waals surface area contributed by atoms with Crippen LogP contribution in [-0.2, 0) is 4.79 Å². The summed E-state index contributed by atoms with van der Waals surface area (Å²) in [6, 6.07) is 0. The molecule has 0 N–H and O–H groups in total. The fourth-order valence-electron chi connectivity index (χ4n) is 0.889. The number of carbonyl (C=O) groups is 1. The predicted octanol–water partition coefficient (Wildman–Crippen LogP) is 2.96. The van der Waals surface area contributed by atoms with Crippen LogP contribution in [0.5, 0.6) is 0 Å². The van der Waals surface area contributed by atoms with Crippen molar-refractivity contribution in [2.24, 2.45) is 5.41 Å². The Labute approximate surface area is 69.5 Å². The number of Topliss-reactive ketones (excluding diaryl/α,β-unsaturated/α-hetero) is 1. The zero-order chi connectivity index (χ0) is 9.23. The smallest absolute Gasteiger partial charge is 0.139 e. The average molecular weight is 154 g/mol. The summed E-state index contributed by atoms with van der Waals surface area (Å²) in [4.78, 5) is 11.2. The fraction of sp³-hybridized carbons (Fsp3) is 0.700. The van der Waals surface area contributed by atoms with Gasteiger partial charge in [-0.1, -0.05) is 11.1 Å². The maximum Gasteiger partial charge on any atom is 0.139 e. The fourth-order valence-corrected chi connectivity index (χ4v) is 0.889. The van der Waals surface area contributed by atoms with Gasteiger partial charge in [0, 0.05) is 5.41 Å². The van der Waals surface area contributed by atoms with Crippen LogP contribution in [0.1, 0.15) is 41.5 Å².